The average Bonchev–Trinajstić information content (AvgIpc) is 2.62. The van der Waals surface area contributed by atoms with Gasteiger partial charge in [0.1, 0.15) is 0 Å². The van der Waals surface area contributed by atoms with E-state index in [9.17, 15) is 14.9 Å². The second kappa shape index (κ2) is 13.3. The minimum absolute atomic E-state index is 0. The van der Waals surface area contributed by atoms with Crippen LogP contribution < -0.4 is 10.6 Å². The lowest BCUT2D eigenvalue weighted by Gasteiger charge is -2.20. The van der Waals surface area contributed by atoms with Gasteiger partial charge in [-0.1, -0.05) is 26.0 Å². The number of benzene rings is 1. The molecule has 9 heteroatoms. The fourth-order valence-electron chi connectivity index (χ4n) is 2.25. The lowest BCUT2D eigenvalue weighted by atomic mass is 10.0. The van der Waals surface area contributed by atoms with Crippen LogP contribution in [0.4, 0.5) is 5.69 Å². The van der Waals surface area contributed by atoms with Gasteiger partial charge in [0.15, 0.2) is 5.96 Å². The summed E-state index contributed by atoms with van der Waals surface area (Å²) in [7, 11) is 3.41. The molecule has 1 rings (SSSR count). The molecule has 1 amide bonds. The van der Waals surface area contributed by atoms with Crippen molar-refractivity contribution in [3.8, 4) is 0 Å². The Morgan fingerprint density at radius 1 is 1.18 bits per heavy atom. The van der Waals surface area contributed by atoms with Crippen molar-refractivity contribution in [3.63, 3.8) is 0 Å². The Morgan fingerprint density at radius 2 is 1.79 bits per heavy atom. The number of nitro benzene ring substituents is 1. The Hall–Kier alpha value is -1.91. The quantitative estimate of drug-likeness (QED) is 0.177. The molecule has 0 bridgehead atoms. The summed E-state index contributed by atoms with van der Waals surface area (Å²) in [6, 6.07) is 6.52. The summed E-state index contributed by atoms with van der Waals surface area (Å²) in [6.45, 7) is 6.96. The lowest BCUT2D eigenvalue weighted by molar-refractivity contribution is -0.384. The van der Waals surface area contributed by atoms with Crippen molar-refractivity contribution in [2.75, 3.05) is 20.6 Å². The van der Waals surface area contributed by atoms with Crippen LogP contribution in [0.3, 0.4) is 0 Å². The normalized spacial score (nSPS) is 12.1. The number of likely N-dealkylation sites (N-methyl/N-ethyl adjacent to an activating group) is 1. The van der Waals surface area contributed by atoms with Crippen molar-refractivity contribution < 1.29 is 9.72 Å². The maximum atomic E-state index is 11.8. The highest BCUT2D eigenvalue weighted by Gasteiger charge is 2.10. The molecule has 8 nitrogen and oxygen atoms in total. The van der Waals surface area contributed by atoms with E-state index in [1.807, 2.05) is 0 Å². The number of carbonyl (C=O) groups is 1. The van der Waals surface area contributed by atoms with E-state index in [1.165, 1.54) is 17.0 Å². The predicted molar refractivity (Wildman–Crippen MR) is 123 cm³/mol. The number of nitrogens with zero attached hydrogens (tertiary/aromatic N) is 3. The van der Waals surface area contributed by atoms with E-state index >= 15 is 0 Å². The van der Waals surface area contributed by atoms with Gasteiger partial charge in [-0.25, -0.2) is 4.99 Å². The van der Waals surface area contributed by atoms with E-state index in [1.54, 1.807) is 26.2 Å². The zero-order valence-electron chi connectivity index (χ0n) is 17.3. The highest BCUT2D eigenvalue weighted by molar-refractivity contribution is 14.0. The molecule has 1 aromatic rings. The Labute approximate surface area is 184 Å². The first-order chi connectivity index (χ1) is 12.7. The number of rotatable bonds is 9. The van der Waals surface area contributed by atoms with Crippen molar-refractivity contribution >= 4 is 41.5 Å². The monoisotopic (exact) mass is 505 g/mol. The molecule has 0 saturated heterocycles. The molecular weight excluding hydrogens is 473 g/mol. The second-order valence-corrected chi connectivity index (χ2v) is 7.25. The zero-order valence-corrected chi connectivity index (χ0v) is 19.6. The number of aliphatic imine (C=N–C) groups is 1. The predicted octanol–water partition coefficient (Wildman–Crippen LogP) is 3.16. The van der Waals surface area contributed by atoms with Gasteiger partial charge >= 0.3 is 0 Å². The van der Waals surface area contributed by atoms with Gasteiger partial charge in [0, 0.05) is 32.3 Å². The van der Waals surface area contributed by atoms with Gasteiger partial charge in [0.25, 0.3) is 5.69 Å². The minimum Gasteiger partial charge on any atom is -0.354 e. The minimum atomic E-state index is -0.426. The first kappa shape index (κ1) is 26.1. The van der Waals surface area contributed by atoms with Gasteiger partial charge in [-0.05, 0) is 31.2 Å². The molecule has 28 heavy (non-hydrogen) atoms. The fourth-order valence-corrected chi connectivity index (χ4v) is 2.25. The lowest BCUT2D eigenvalue weighted by Crippen LogP contribution is -2.46. The van der Waals surface area contributed by atoms with Crippen molar-refractivity contribution in [2.24, 2.45) is 10.9 Å². The molecule has 0 fully saturated rings. The molecular formula is C19H32IN5O3. The van der Waals surface area contributed by atoms with E-state index in [0.29, 0.717) is 18.4 Å². The highest BCUT2D eigenvalue weighted by atomic mass is 127. The number of guanidine groups is 1. The third-order valence-electron chi connectivity index (χ3n) is 4.03. The van der Waals surface area contributed by atoms with Gasteiger partial charge in [0.05, 0.1) is 18.0 Å². The molecule has 0 radical (unpaired) electrons. The Morgan fingerprint density at radius 3 is 2.29 bits per heavy atom. The Bertz CT molecular complexity index is 647. The van der Waals surface area contributed by atoms with Crippen molar-refractivity contribution in [2.45, 2.75) is 46.2 Å². The van der Waals surface area contributed by atoms with E-state index < -0.39 is 4.92 Å². The van der Waals surface area contributed by atoms with Crippen LogP contribution in [0.15, 0.2) is 29.3 Å². The third-order valence-corrected chi connectivity index (χ3v) is 4.03. The molecule has 0 aromatic heterocycles. The van der Waals surface area contributed by atoms with Crippen LogP contribution in [-0.2, 0) is 11.3 Å². The molecule has 0 aliphatic heterocycles. The number of non-ortho nitro benzene ring substituents is 1. The fraction of sp³-hybridized carbons (Fsp3) is 0.579. The van der Waals surface area contributed by atoms with Crippen LogP contribution in [0.2, 0.25) is 0 Å². The summed E-state index contributed by atoms with van der Waals surface area (Å²) in [5, 5.41) is 17.1. The van der Waals surface area contributed by atoms with E-state index in [0.717, 1.165) is 18.4 Å². The van der Waals surface area contributed by atoms with Crippen LogP contribution in [-0.4, -0.2) is 48.4 Å². The molecule has 0 aliphatic carbocycles. The molecule has 2 N–H and O–H groups in total. The number of halogens is 1. The van der Waals surface area contributed by atoms with Crippen LogP contribution in [0.25, 0.3) is 0 Å². The summed E-state index contributed by atoms with van der Waals surface area (Å²) in [5.41, 5.74) is 0.911. The van der Waals surface area contributed by atoms with Crippen molar-refractivity contribution in [1.29, 1.82) is 0 Å². The topological polar surface area (TPSA) is 99.9 Å². The highest BCUT2D eigenvalue weighted by Crippen LogP contribution is 2.12. The van der Waals surface area contributed by atoms with Crippen LogP contribution in [0.5, 0.6) is 0 Å². The number of hydrogen-bond acceptors (Lipinski definition) is 4. The van der Waals surface area contributed by atoms with Gasteiger partial charge in [0.2, 0.25) is 5.91 Å². The van der Waals surface area contributed by atoms with Crippen molar-refractivity contribution in [3.05, 3.63) is 39.9 Å². The second-order valence-electron chi connectivity index (χ2n) is 7.25. The first-order valence-corrected chi connectivity index (χ1v) is 9.17. The largest absolute Gasteiger partial charge is 0.354 e. The Kier molecular flexibility index (Phi) is 12.4. The molecule has 0 saturated carbocycles. The molecule has 0 spiro atoms. The summed E-state index contributed by atoms with van der Waals surface area (Å²) in [5.74, 6) is 1.13. The van der Waals surface area contributed by atoms with Crippen molar-refractivity contribution in [1.82, 2.24) is 15.5 Å². The van der Waals surface area contributed by atoms with Crippen LogP contribution in [0, 0.1) is 16.0 Å². The number of carbonyl (C=O) groups excluding carboxylic acids is 1. The number of hydrogen-bond donors (Lipinski definition) is 2. The summed E-state index contributed by atoms with van der Waals surface area (Å²) in [6.07, 6.45) is 2.10. The molecule has 1 unspecified atom stereocenters. The summed E-state index contributed by atoms with van der Waals surface area (Å²) in [4.78, 5) is 28.2. The summed E-state index contributed by atoms with van der Waals surface area (Å²) >= 11 is 0. The molecule has 1 aromatic carbocycles. The summed E-state index contributed by atoms with van der Waals surface area (Å²) < 4.78 is 0. The first-order valence-electron chi connectivity index (χ1n) is 9.17. The molecule has 1 atom stereocenters. The van der Waals surface area contributed by atoms with Gasteiger partial charge in [-0.3, -0.25) is 14.9 Å². The van der Waals surface area contributed by atoms with Crippen LogP contribution in [0.1, 0.15) is 39.2 Å². The maximum absolute atomic E-state index is 11.8. The Balaban J connectivity index is 0.00000729. The number of amides is 1. The van der Waals surface area contributed by atoms with E-state index in [4.69, 9.17) is 0 Å². The van der Waals surface area contributed by atoms with Gasteiger partial charge < -0.3 is 15.5 Å². The number of nitrogens with one attached hydrogen (secondary N) is 2. The van der Waals surface area contributed by atoms with E-state index in [-0.39, 0.29) is 48.2 Å². The van der Waals surface area contributed by atoms with Crippen LogP contribution >= 0.6 is 24.0 Å². The zero-order chi connectivity index (χ0) is 20.4. The molecule has 0 heterocycles. The SMILES string of the molecule is CC(C)CCC(C)NC(=NCc1ccc([N+](=O)[O-])cc1)NCC(=O)N(C)C.I. The van der Waals surface area contributed by atoms with Gasteiger partial charge in [-0.2, -0.15) is 0 Å². The van der Waals surface area contributed by atoms with E-state index in [2.05, 4.69) is 36.4 Å². The molecule has 0 aliphatic rings. The van der Waals surface area contributed by atoms with Gasteiger partial charge in [-0.15, -0.1) is 24.0 Å². The maximum Gasteiger partial charge on any atom is 0.269 e. The smallest absolute Gasteiger partial charge is 0.269 e. The average molecular weight is 505 g/mol. The third kappa shape index (κ3) is 10.4. The number of nitro groups is 1. The standard InChI is InChI=1S/C19H31N5O3.HI/c1-14(2)6-7-15(3)22-19(21-13-18(25)23(4)5)20-12-16-8-10-17(11-9-16)24(26)27;/h8-11,14-15H,6-7,12-13H2,1-5H3,(H2,20,21,22);1H. The molecule has 158 valence electrons.